The average Bonchev–Trinajstić information content (AvgIpc) is 3.24. The van der Waals surface area contributed by atoms with E-state index in [2.05, 4.69) is 10.2 Å². The van der Waals surface area contributed by atoms with Crippen molar-refractivity contribution in [3.05, 3.63) is 46.0 Å². The summed E-state index contributed by atoms with van der Waals surface area (Å²) in [5, 5.41) is 4.59. The quantitative estimate of drug-likeness (QED) is 0.854. The Morgan fingerprint density at radius 2 is 1.89 bits per heavy atom. The monoisotopic (exact) mass is 404 g/mol. The van der Waals surface area contributed by atoms with Gasteiger partial charge in [0.05, 0.1) is 12.2 Å². The lowest BCUT2D eigenvalue weighted by Gasteiger charge is -2.35. The maximum absolute atomic E-state index is 12.8. The summed E-state index contributed by atoms with van der Waals surface area (Å²) < 4.78 is 25.5. The molecule has 2 saturated heterocycles. The second-order valence-electron chi connectivity index (χ2n) is 7.72. The van der Waals surface area contributed by atoms with Crippen molar-refractivity contribution >= 4 is 22.4 Å². The van der Waals surface area contributed by atoms with Crippen LogP contribution in [0.3, 0.4) is 0 Å². The highest BCUT2D eigenvalue weighted by Crippen LogP contribution is 2.38. The summed E-state index contributed by atoms with van der Waals surface area (Å²) >= 11 is 1.71. The highest BCUT2D eigenvalue weighted by Gasteiger charge is 2.39. The number of thiazole rings is 1. The van der Waals surface area contributed by atoms with E-state index in [1.165, 1.54) is 37.1 Å². The van der Waals surface area contributed by atoms with Crippen LogP contribution in [0.5, 0.6) is 0 Å². The number of nitrogens with zero attached hydrogens (tertiary/aromatic N) is 3. The van der Waals surface area contributed by atoms with Crippen molar-refractivity contribution in [1.29, 1.82) is 0 Å². The van der Waals surface area contributed by atoms with Crippen LogP contribution in [0.2, 0.25) is 0 Å². The Labute approximate surface area is 166 Å². The van der Waals surface area contributed by atoms with Crippen LogP contribution in [0.25, 0.3) is 0 Å². The molecule has 2 fully saturated rings. The first-order valence-corrected chi connectivity index (χ1v) is 10.6. The van der Waals surface area contributed by atoms with Crippen LogP contribution >= 0.6 is 11.3 Å². The minimum absolute atomic E-state index is 0.0600. The van der Waals surface area contributed by atoms with Crippen LogP contribution in [-0.2, 0) is 13.0 Å². The Morgan fingerprint density at radius 3 is 2.57 bits per heavy atom. The fourth-order valence-corrected chi connectivity index (χ4v) is 5.78. The molecule has 28 heavy (non-hydrogen) atoms. The number of benzene rings is 1. The molecule has 0 saturated carbocycles. The van der Waals surface area contributed by atoms with Gasteiger partial charge in [0.25, 0.3) is 12.3 Å². The molecule has 148 valence electrons. The molecule has 5 rings (SSSR count). The van der Waals surface area contributed by atoms with Gasteiger partial charge in [-0.15, -0.1) is 0 Å². The first-order valence-electron chi connectivity index (χ1n) is 9.75. The Hall–Kier alpha value is -2.06. The first-order chi connectivity index (χ1) is 13.6. The van der Waals surface area contributed by atoms with Crippen LogP contribution in [0.1, 0.15) is 45.8 Å². The Kier molecular flexibility index (Phi) is 4.55. The van der Waals surface area contributed by atoms with E-state index in [0.29, 0.717) is 30.7 Å². The minimum atomic E-state index is -2.52. The van der Waals surface area contributed by atoms with Gasteiger partial charge in [0.1, 0.15) is 0 Å². The van der Waals surface area contributed by atoms with Gasteiger partial charge in [-0.1, -0.05) is 23.5 Å². The summed E-state index contributed by atoms with van der Waals surface area (Å²) in [7, 11) is 0. The lowest BCUT2D eigenvalue weighted by atomic mass is 10.1. The molecular formula is C20H22F2N4OS. The van der Waals surface area contributed by atoms with E-state index in [-0.39, 0.29) is 11.5 Å². The standard InChI is InChI=1S/C20H22F2N4OS/c21-18(22)12-1-3-13(4-2-12)19(27)25-8-7-16-17(11-25)28-20(24-16)26-14-5-6-15(26)10-23-9-14/h1-4,14-15,18,23H,5-11H2. The van der Waals surface area contributed by atoms with Gasteiger partial charge in [-0.25, -0.2) is 13.8 Å². The second kappa shape index (κ2) is 7.08. The summed E-state index contributed by atoms with van der Waals surface area (Å²) in [6, 6.07) is 6.71. The average molecular weight is 404 g/mol. The number of aromatic nitrogens is 1. The topological polar surface area (TPSA) is 48.5 Å². The van der Waals surface area contributed by atoms with Crippen LogP contribution in [-0.4, -0.2) is 47.5 Å². The lowest BCUT2D eigenvalue weighted by Crippen LogP contribution is -2.51. The maximum atomic E-state index is 12.8. The van der Waals surface area contributed by atoms with Crippen molar-refractivity contribution in [3.8, 4) is 0 Å². The normalized spacial score (nSPS) is 24.0. The fourth-order valence-electron chi connectivity index (χ4n) is 4.51. The van der Waals surface area contributed by atoms with Gasteiger partial charge < -0.3 is 15.1 Å². The van der Waals surface area contributed by atoms with Gasteiger partial charge in [0.2, 0.25) is 0 Å². The van der Waals surface area contributed by atoms with Crippen LogP contribution in [0.4, 0.5) is 13.9 Å². The van der Waals surface area contributed by atoms with Gasteiger partial charge >= 0.3 is 0 Å². The number of carbonyl (C=O) groups excluding carboxylic acids is 1. The number of hydrogen-bond acceptors (Lipinski definition) is 5. The van der Waals surface area contributed by atoms with Crippen molar-refractivity contribution in [1.82, 2.24) is 15.2 Å². The van der Waals surface area contributed by atoms with Gasteiger partial charge in [-0.05, 0) is 25.0 Å². The maximum Gasteiger partial charge on any atom is 0.263 e. The number of carbonyl (C=O) groups is 1. The molecule has 2 atom stereocenters. The molecule has 4 heterocycles. The van der Waals surface area contributed by atoms with E-state index in [0.717, 1.165) is 35.2 Å². The Morgan fingerprint density at radius 1 is 1.18 bits per heavy atom. The number of hydrogen-bond donors (Lipinski definition) is 1. The molecule has 2 unspecified atom stereocenters. The Balaban J connectivity index is 1.33. The molecule has 1 aromatic carbocycles. The van der Waals surface area contributed by atoms with Crippen molar-refractivity contribution < 1.29 is 13.6 Å². The smallest absolute Gasteiger partial charge is 0.263 e. The summed E-state index contributed by atoms with van der Waals surface area (Å²) in [6.07, 6.45) is 0.647. The number of nitrogens with one attached hydrogen (secondary N) is 1. The number of piperazine rings is 1. The fraction of sp³-hybridized carbons (Fsp3) is 0.500. The molecule has 0 spiro atoms. The minimum Gasteiger partial charge on any atom is -0.340 e. The third-order valence-electron chi connectivity index (χ3n) is 6.02. The van der Waals surface area contributed by atoms with Gasteiger partial charge in [-0.3, -0.25) is 4.79 Å². The second-order valence-corrected chi connectivity index (χ2v) is 8.78. The number of fused-ring (bicyclic) bond motifs is 3. The van der Waals surface area contributed by atoms with E-state index in [9.17, 15) is 13.6 Å². The molecular weight excluding hydrogens is 382 g/mol. The molecule has 0 radical (unpaired) electrons. The number of amides is 1. The van der Waals surface area contributed by atoms with E-state index in [1.807, 2.05) is 0 Å². The largest absolute Gasteiger partial charge is 0.340 e. The molecule has 2 bridgehead atoms. The van der Waals surface area contributed by atoms with Crippen LogP contribution < -0.4 is 10.2 Å². The number of anilines is 1. The summed E-state index contributed by atoms with van der Waals surface area (Å²) in [6.45, 7) is 3.18. The first kappa shape index (κ1) is 18.0. The molecule has 5 nitrogen and oxygen atoms in total. The SMILES string of the molecule is O=C(c1ccc(C(F)F)cc1)N1CCc2nc(N3C4CCC3CNC4)sc2C1. The van der Waals surface area contributed by atoms with Gasteiger partial charge in [0, 0.05) is 54.1 Å². The third kappa shape index (κ3) is 3.08. The molecule has 1 aromatic heterocycles. The Bertz CT molecular complexity index is 869. The van der Waals surface area contributed by atoms with E-state index >= 15 is 0 Å². The summed E-state index contributed by atoms with van der Waals surface area (Å²) in [5.74, 6) is -0.108. The predicted molar refractivity (Wildman–Crippen MR) is 104 cm³/mol. The number of halogens is 2. The molecule has 8 heteroatoms. The van der Waals surface area contributed by atoms with E-state index in [1.54, 1.807) is 16.2 Å². The predicted octanol–water partition coefficient (Wildman–Crippen LogP) is 3.22. The van der Waals surface area contributed by atoms with Crippen LogP contribution in [0, 0.1) is 0 Å². The van der Waals surface area contributed by atoms with E-state index in [4.69, 9.17) is 4.98 Å². The highest BCUT2D eigenvalue weighted by atomic mass is 32.1. The molecule has 1 N–H and O–H groups in total. The zero-order chi connectivity index (χ0) is 19.3. The number of rotatable bonds is 3. The molecule has 0 aliphatic carbocycles. The van der Waals surface area contributed by atoms with Gasteiger partial charge in [0.15, 0.2) is 5.13 Å². The molecule has 1 amide bonds. The molecule has 3 aliphatic rings. The van der Waals surface area contributed by atoms with Crippen molar-refractivity contribution in [2.45, 2.75) is 44.3 Å². The number of alkyl halides is 2. The third-order valence-corrected chi connectivity index (χ3v) is 7.11. The summed E-state index contributed by atoms with van der Waals surface area (Å²) in [4.78, 5) is 23.2. The van der Waals surface area contributed by atoms with Gasteiger partial charge in [-0.2, -0.15) is 0 Å². The lowest BCUT2D eigenvalue weighted by molar-refractivity contribution is 0.0736. The molecule has 3 aliphatic heterocycles. The van der Waals surface area contributed by atoms with Crippen LogP contribution in [0.15, 0.2) is 24.3 Å². The van der Waals surface area contributed by atoms with Crippen molar-refractivity contribution in [2.75, 3.05) is 24.5 Å². The zero-order valence-corrected chi connectivity index (χ0v) is 16.2. The van der Waals surface area contributed by atoms with Crippen molar-refractivity contribution in [3.63, 3.8) is 0 Å². The zero-order valence-electron chi connectivity index (χ0n) is 15.4. The highest BCUT2D eigenvalue weighted by molar-refractivity contribution is 7.15. The van der Waals surface area contributed by atoms with Crippen molar-refractivity contribution in [2.24, 2.45) is 0 Å². The molecule has 2 aromatic rings. The summed E-state index contributed by atoms with van der Waals surface area (Å²) in [5.41, 5.74) is 1.50. The van der Waals surface area contributed by atoms with E-state index < -0.39 is 6.43 Å².